The van der Waals surface area contributed by atoms with E-state index in [1.807, 2.05) is 24.3 Å². The highest BCUT2D eigenvalue weighted by Crippen LogP contribution is 2.32. The Balaban J connectivity index is 1.93. The molecule has 0 N–H and O–H groups in total. The SMILES string of the molecule is O=COc1csc(-n2nc(-c3cc(F)cc(F)c3)c3ccccc32)n1. The van der Waals surface area contributed by atoms with Crippen LogP contribution in [0.1, 0.15) is 0 Å². The highest BCUT2D eigenvalue weighted by molar-refractivity contribution is 7.12. The summed E-state index contributed by atoms with van der Waals surface area (Å²) >= 11 is 1.23. The van der Waals surface area contributed by atoms with E-state index >= 15 is 0 Å². The van der Waals surface area contributed by atoms with Gasteiger partial charge in [-0.2, -0.15) is 10.1 Å². The molecule has 0 aliphatic carbocycles. The van der Waals surface area contributed by atoms with Crippen LogP contribution in [-0.4, -0.2) is 21.2 Å². The highest BCUT2D eigenvalue weighted by Gasteiger charge is 2.17. The van der Waals surface area contributed by atoms with Crippen molar-refractivity contribution in [2.75, 3.05) is 0 Å². The number of fused-ring (bicyclic) bond motifs is 1. The zero-order valence-electron chi connectivity index (χ0n) is 12.5. The summed E-state index contributed by atoms with van der Waals surface area (Å²) in [6.07, 6.45) is 0. The van der Waals surface area contributed by atoms with Crippen LogP contribution in [0, 0.1) is 11.6 Å². The van der Waals surface area contributed by atoms with Gasteiger partial charge in [0.05, 0.1) is 10.9 Å². The fourth-order valence-electron chi connectivity index (χ4n) is 2.57. The van der Waals surface area contributed by atoms with Crippen LogP contribution >= 0.6 is 11.3 Å². The molecule has 0 aliphatic rings. The van der Waals surface area contributed by atoms with Crippen molar-refractivity contribution >= 4 is 28.7 Å². The van der Waals surface area contributed by atoms with Gasteiger partial charge in [-0.15, -0.1) is 0 Å². The third-order valence-electron chi connectivity index (χ3n) is 3.54. The summed E-state index contributed by atoms with van der Waals surface area (Å²) < 4.78 is 33.5. The molecule has 0 atom stereocenters. The molecule has 2 aromatic heterocycles. The molecule has 4 rings (SSSR count). The maximum atomic E-state index is 13.6. The van der Waals surface area contributed by atoms with Gasteiger partial charge in [0.1, 0.15) is 17.3 Å². The lowest BCUT2D eigenvalue weighted by Crippen LogP contribution is -1.97. The number of halogens is 2. The Labute approximate surface area is 144 Å². The van der Waals surface area contributed by atoms with E-state index in [2.05, 4.69) is 10.1 Å². The van der Waals surface area contributed by atoms with E-state index in [0.29, 0.717) is 28.4 Å². The Morgan fingerprint density at radius 3 is 2.64 bits per heavy atom. The van der Waals surface area contributed by atoms with Gasteiger partial charge in [0.2, 0.25) is 11.0 Å². The van der Waals surface area contributed by atoms with E-state index in [0.717, 1.165) is 11.5 Å². The van der Waals surface area contributed by atoms with Crippen molar-refractivity contribution in [3.05, 3.63) is 59.5 Å². The summed E-state index contributed by atoms with van der Waals surface area (Å²) in [4.78, 5) is 14.6. The van der Waals surface area contributed by atoms with Gasteiger partial charge in [0.25, 0.3) is 6.47 Å². The molecule has 0 saturated carbocycles. The molecule has 5 nitrogen and oxygen atoms in total. The number of thiazole rings is 1. The van der Waals surface area contributed by atoms with E-state index in [-0.39, 0.29) is 5.88 Å². The Hall–Kier alpha value is -3.13. The first-order chi connectivity index (χ1) is 12.2. The molecule has 0 spiro atoms. The second-order valence-electron chi connectivity index (χ2n) is 5.12. The maximum Gasteiger partial charge on any atom is 0.299 e. The second kappa shape index (κ2) is 6.06. The Morgan fingerprint density at radius 1 is 1.12 bits per heavy atom. The molecule has 0 amide bonds. The molecule has 0 unspecified atom stereocenters. The summed E-state index contributed by atoms with van der Waals surface area (Å²) in [5.41, 5.74) is 1.48. The average Bonchev–Trinajstić information content (AvgIpc) is 3.18. The first-order valence-electron chi connectivity index (χ1n) is 7.16. The van der Waals surface area contributed by atoms with Crippen LogP contribution in [0.3, 0.4) is 0 Å². The number of nitrogens with zero attached hydrogens (tertiary/aromatic N) is 3. The number of benzene rings is 2. The van der Waals surface area contributed by atoms with Gasteiger partial charge < -0.3 is 4.74 Å². The van der Waals surface area contributed by atoms with Crippen molar-refractivity contribution in [1.82, 2.24) is 14.8 Å². The minimum Gasteiger partial charge on any atom is -0.409 e. The minimum absolute atomic E-state index is 0.160. The van der Waals surface area contributed by atoms with Crippen LogP contribution in [0.5, 0.6) is 5.88 Å². The Bertz CT molecular complexity index is 1070. The van der Waals surface area contributed by atoms with Gasteiger partial charge in [0, 0.05) is 17.0 Å². The number of carbonyl (C=O) groups is 1. The van der Waals surface area contributed by atoms with Crippen molar-refractivity contribution in [3.8, 4) is 22.3 Å². The van der Waals surface area contributed by atoms with E-state index in [9.17, 15) is 13.6 Å². The zero-order valence-corrected chi connectivity index (χ0v) is 13.3. The van der Waals surface area contributed by atoms with Gasteiger partial charge in [-0.25, -0.2) is 13.5 Å². The first-order valence-corrected chi connectivity index (χ1v) is 8.04. The van der Waals surface area contributed by atoms with Crippen molar-refractivity contribution in [2.45, 2.75) is 0 Å². The van der Waals surface area contributed by atoms with E-state index in [1.165, 1.54) is 23.5 Å². The van der Waals surface area contributed by atoms with Gasteiger partial charge in [-0.1, -0.05) is 29.5 Å². The monoisotopic (exact) mass is 357 g/mol. The van der Waals surface area contributed by atoms with Crippen molar-refractivity contribution in [3.63, 3.8) is 0 Å². The second-order valence-corrected chi connectivity index (χ2v) is 5.95. The summed E-state index contributed by atoms with van der Waals surface area (Å²) in [5, 5.41) is 7.24. The molecule has 8 heteroatoms. The maximum absolute atomic E-state index is 13.6. The van der Waals surface area contributed by atoms with Crippen LogP contribution in [0.15, 0.2) is 47.8 Å². The summed E-state index contributed by atoms with van der Waals surface area (Å²) in [6.45, 7) is 0.293. The Kier molecular flexibility index (Phi) is 3.73. The van der Waals surface area contributed by atoms with Crippen LogP contribution in [0.25, 0.3) is 27.3 Å². The molecular weight excluding hydrogens is 348 g/mol. The first kappa shape index (κ1) is 15.4. The number of hydrogen-bond donors (Lipinski definition) is 0. The van der Waals surface area contributed by atoms with Crippen LogP contribution in [-0.2, 0) is 4.79 Å². The normalized spacial score (nSPS) is 11.0. The van der Waals surface area contributed by atoms with Crippen molar-refractivity contribution in [2.24, 2.45) is 0 Å². The topological polar surface area (TPSA) is 57.0 Å². The van der Waals surface area contributed by atoms with Gasteiger partial charge in [-0.05, 0) is 18.2 Å². The van der Waals surface area contributed by atoms with Crippen molar-refractivity contribution in [1.29, 1.82) is 0 Å². The lowest BCUT2D eigenvalue weighted by Gasteiger charge is -1.99. The van der Waals surface area contributed by atoms with Gasteiger partial charge >= 0.3 is 0 Å². The molecule has 25 heavy (non-hydrogen) atoms. The van der Waals surface area contributed by atoms with Crippen LogP contribution in [0.4, 0.5) is 8.78 Å². The van der Waals surface area contributed by atoms with E-state index < -0.39 is 11.6 Å². The molecule has 0 bridgehead atoms. The van der Waals surface area contributed by atoms with Crippen LogP contribution in [0.2, 0.25) is 0 Å². The molecule has 0 saturated heterocycles. The zero-order chi connectivity index (χ0) is 17.4. The standard InChI is InChI=1S/C17H9F2N3O2S/c18-11-5-10(6-12(19)7-11)16-13-3-1-2-4-14(13)22(21-16)17-20-15(8-25-17)24-9-23/h1-9H. The lowest BCUT2D eigenvalue weighted by molar-refractivity contribution is -0.120. The average molecular weight is 357 g/mol. The molecule has 2 aromatic carbocycles. The third-order valence-corrected chi connectivity index (χ3v) is 4.34. The molecule has 0 aliphatic heterocycles. The minimum atomic E-state index is -0.676. The van der Waals surface area contributed by atoms with Crippen LogP contribution < -0.4 is 4.74 Å². The van der Waals surface area contributed by atoms with Gasteiger partial charge in [0.15, 0.2) is 0 Å². The summed E-state index contributed by atoms with van der Waals surface area (Å²) in [7, 11) is 0. The van der Waals surface area contributed by atoms with Crippen molar-refractivity contribution < 1.29 is 18.3 Å². The van der Waals surface area contributed by atoms with E-state index in [1.54, 1.807) is 10.1 Å². The molecule has 0 fully saturated rings. The number of hydrogen-bond acceptors (Lipinski definition) is 5. The number of carbonyl (C=O) groups excluding carboxylic acids is 1. The number of aromatic nitrogens is 3. The highest BCUT2D eigenvalue weighted by atomic mass is 32.1. The summed E-state index contributed by atoms with van der Waals surface area (Å²) in [6, 6.07) is 10.5. The quantitative estimate of drug-likeness (QED) is 0.519. The third kappa shape index (κ3) is 2.76. The molecule has 4 aromatic rings. The molecule has 2 heterocycles. The predicted octanol–water partition coefficient (Wildman–Crippen LogP) is 3.96. The fraction of sp³-hybridized carbons (Fsp3) is 0. The lowest BCUT2D eigenvalue weighted by atomic mass is 10.1. The Morgan fingerprint density at radius 2 is 1.88 bits per heavy atom. The summed E-state index contributed by atoms with van der Waals surface area (Å²) in [5.74, 6) is -1.19. The molecule has 0 radical (unpaired) electrons. The number of rotatable bonds is 4. The van der Waals surface area contributed by atoms with Gasteiger partial charge in [-0.3, -0.25) is 4.79 Å². The molecular formula is C17H9F2N3O2S. The largest absolute Gasteiger partial charge is 0.409 e. The fourth-order valence-corrected chi connectivity index (χ4v) is 3.26. The number of para-hydroxylation sites is 1. The smallest absolute Gasteiger partial charge is 0.299 e. The molecule has 124 valence electrons. The predicted molar refractivity (Wildman–Crippen MR) is 88.8 cm³/mol. The van der Waals surface area contributed by atoms with E-state index in [4.69, 9.17) is 4.74 Å². The number of ether oxygens (including phenoxy) is 1.